The molecule has 9 heavy (non-hydrogen) atoms. The lowest BCUT2D eigenvalue weighted by molar-refractivity contribution is 0.752. The van der Waals surface area contributed by atoms with Gasteiger partial charge in [0.2, 0.25) is 0 Å². The molecule has 0 spiro atoms. The van der Waals surface area contributed by atoms with Gasteiger partial charge in [-0.25, -0.2) is 0 Å². The van der Waals surface area contributed by atoms with E-state index in [1.807, 2.05) is 0 Å². The summed E-state index contributed by atoms with van der Waals surface area (Å²) in [6.07, 6.45) is 0. The zero-order valence-corrected chi connectivity index (χ0v) is 5.33. The average Bonchev–Trinajstić information content (AvgIpc) is 2.13. The summed E-state index contributed by atoms with van der Waals surface area (Å²) < 4.78 is 1.60. The van der Waals surface area contributed by atoms with Crippen LogP contribution >= 0.6 is 0 Å². The fourth-order valence-electron chi connectivity index (χ4n) is 0.643. The van der Waals surface area contributed by atoms with Crippen LogP contribution in [0.2, 0.25) is 0 Å². The maximum Gasteiger partial charge on any atom is 0.121 e. The van der Waals surface area contributed by atoms with E-state index in [0.717, 1.165) is 5.69 Å². The van der Waals surface area contributed by atoms with Crippen LogP contribution < -0.4 is 11.5 Å². The molecule has 4 nitrogen and oxygen atoms in total. The van der Waals surface area contributed by atoms with Crippen LogP contribution in [0.25, 0.3) is 0 Å². The van der Waals surface area contributed by atoms with Gasteiger partial charge in [0.1, 0.15) is 5.82 Å². The Hall–Kier alpha value is -1.03. The van der Waals surface area contributed by atoms with E-state index in [9.17, 15) is 0 Å². The molecule has 0 aromatic carbocycles. The van der Waals surface area contributed by atoms with Crippen molar-refractivity contribution in [2.75, 3.05) is 5.73 Å². The van der Waals surface area contributed by atoms with Crippen molar-refractivity contribution in [2.45, 2.75) is 6.54 Å². The molecule has 0 unspecified atom stereocenters. The first-order chi connectivity index (χ1) is 4.24. The second-order valence-electron chi connectivity index (χ2n) is 1.89. The summed E-state index contributed by atoms with van der Waals surface area (Å²) in [5, 5.41) is 4.00. The van der Waals surface area contributed by atoms with Crippen LogP contribution in [0.1, 0.15) is 5.69 Å². The zero-order chi connectivity index (χ0) is 6.85. The highest BCUT2D eigenvalue weighted by molar-refractivity contribution is 5.30. The maximum absolute atomic E-state index is 5.46. The minimum atomic E-state index is 0.449. The molecule has 50 valence electrons. The van der Waals surface area contributed by atoms with Gasteiger partial charge in [-0.15, -0.1) is 0 Å². The summed E-state index contributed by atoms with van der Waals surface area (Å²) in [7, 11) is 1.79. The topological polar surface area (TPSA) is 69.9 Å². The summed E-state index contributed by atoms with van der Waals surface area (Å²) >= 11 is 0. The Kier molecular flexibility index (Phi) is 1.40. The molecule has 0 bridgehead atoms. The highest BCUT2D eigenvalue weighted by atomic mass is 15.3. The Balaban J connectivity index is 2.98. The number of nitrogen functional groups attached to an aromatic ring is 1. The van der Waals surface area contributed by atoms with Crippen molar-refractivity contribution >= 4 is 5.82 Å². The molecule has 1 aromatic rings. The number of hydrogen-bond donors (Lipinski definition) is 2. The van der Waals surface area contributed by atoms with Gasteiger partial charge in [-0.2, -0.15) is 5.10 Å². The number of hydrogen-bond acceptors (Lipinski definition) is 3. The highest BCUT2D eigenvalue weighted by Crippen LogP contribution is 2.01. The van der Waals surface area contributed by atoms with Gasteiger partial charge in [0.05, 0.1) is 5.69 Å². The Morgan fingerprint density at radius 2 is 2.44 bits per heavy atom. The van der Waals surface area contributed by atoms with E-state index in [4.69, 9.17) is 11.5 Å². The first-order valence-electron chi connectivity index (χ1n) is 2.72. The SMILES string of the molecule is Cn1nc(CN)cc1N. The molecular formula is C5H10N4. The Labute approximate surface area is 53.4 Å². The third-order valence-electron chi connectivity index (χ3n) is 1.18. The van der Waals surface area contributed by atoms with E-state index < -0.39 is 0 Å². The molecule has 0 amide bonds. The number of rotatable bonds is 1. The third-order valence-corrected chi connectivity index (χ3v) is 1.18. The summed E-state index contributed by atoms with van der Waals surface area (Å²) in [4.78, 5) is 0. The number of nitrogens with zero attached hydrogens (tertiary/aromatic N) is 2. The van der Waals surface area contributed by atoms with Gasteiger partial charge < -0.3 is 11.5 Å². The number of aromatic nitrogens is 2. The van der Waals surface area contributed by atoms with Crippen LogP contribution in [0.4, 0.5) is 5.82 Å². The van der Waals surface area contributed by atoms with Gasteiger partial charge in [-0.05, 0) is 0 Å². The Morgan fingerprint density at radius 3 is 2.67 bits per heavy atom. The van der Waals surface area contributed by atoms with Crippen molar-refractivity contribution in [3.63, 3.8) is 0 Å². The number of anilines is 1. The molecule has 0 radical (unpaired) electrons. The van der Waals surface area contributed by atoms with E-state index in [2.05, 4.69) is 5.10 Å². The molecule has 0 saturated carbocycles. The predicted octanol–water partition coefficient (Wildman–Crippen LogP) is -0.539. The van der Waals surface area contributed by atoms with Crippen molar-refractivity contribution in [3.8, 4) is 0 Å². The fraction of sp³-hybridized carbons (Fsp3) is 0.400. The quantitative estimate of drug-likeness (QED) is 0.531. The van der Waals surface area contributed by atoms with E-state index >= 15 is 0 Å². The van der Waals surface area contributed by atoms with Gasteiger partial charge in [-0.3, -0.25) is 4.68 Å². The van der Waals surface area contributed by atoms with Crippen molar-refractivity contribution in [3.05, 3.63) is 11.8 Å². The van der Waals surface area contributed by atoms with Crippen molar-refractivity contribution in [1.82, 2.24) is 9.78 Å². The van der Waals surface area contributed by atoms with Crippen LogP contribution in [0.15, 0.2) is 6.07 Å². The standard InChI is InChI=1S/C5H10N4/c1-9-5(7)2-4(3-6)8-9/h2H,3,6-7H2,1H3. The smallest absolute Gasteiger partial charge is 0.121 e. The molecule has 4 heteroatoms. The summed E-state index contributed by atoms with van der Waals surface area (Å²) in [6.45, 7) is 0.449. The van der Waals surface area contributed by atoms with Gasteiger partial charge in [-0.1, -0.05) is 0 Å². The van der Waals surface area contributed by atoms with Crippen LogP contribution in [0.5, 0.6) is 0 Å². The lowest BCUT2D eigenvalue weighted by Gasteiger charge is -1.88. The third kappa shape index (κ3) is 1.02. The summed E-state index contributed by atoms with van der Waals surface area (Å²) in [5.41, 5.74) is 11.6. The predicted molar refractivity (Wildman–Crippen MR) is 35.5 cm³/mol. The molecule has 1 rings (SSSR count). The molecule has 0 aliphatic heterocycles. The molecule has 1 heterocycles. The Morgan fingerprint density at radius 1 is 1.78 bits per heavy atom. The minimum Gasteiger partial charge on any atom is -0.384 e. The molecule has 0 fully saturated rings. The van der Waals surface area contributed by atoms with Gasteiger partial charge in [0.15, 0.2) is 0 Å². The van der Waals surface area contributed by atoms with E-state index in [1.165, 1.54) is 0 Å². The molecule has 0 aliphatic carbocycles. The van der Waals surface area contributed by atoms with Crippen LogP contribution in [0, 0.1) is 0 Å². The monoisotopic (exact) mass is 126 g/mol. The van der Waals surface area contributed by atoms with Crippen molar-refractivity contribution in [2.24, 2.45) is 12.8 Å². The second-order valence-corrected chi connectivity index (χ2v) is 1.89. The fourth-order valence-corrected chi connectivity index (χ4v) is 0.643. The molecule has 4 N–H and O–H groups in total. The highest BCUT2D eigenvalue weighted by Gasteiger charge is 1.96. The van der Waals surface area contributed by atoms with E-state index in [0.29, 0.717) is 12.4 Å². The maximum atomic E-state index is 5.46. The second kappa shape index (κ2) is 2.06. The van der Waals surface area contributed by atoms with Gasteiger partial charge >= 0.3 is 0 Å². The molecular weight excluding hydrogens is 116 g/mol. The van der Waals surface area contributed by atoms with E-state index in [1.54, 1.807) is 17.8 Å². The first kappa shape index (κ1) is 6.10. The normalized spacial score (nSPS) is 10.0. The lowest BCUT2D eigenvalue weighted by Crippen LogP contribution is -1.99. The summed E-state index contributed by atoms with van der Waals surface area (Å²) in [6, 6.07) is 1.76. The number of aryl methyl sites for hydroxylation is 1. The molecule has 0 saturated heterocycles. The van der Waals surface area contributed by atoms with Crippen molar-refractivity contribution in [1.29, 1.82) is 0 Å². The summed E-state index contributed by atoms with van der Waals surface area (Å²) in [5.74, 6) is 0.649. The van der Waals surface area contributed by atoms with Gasteiger partial charge in [0, 0.05) is 19.7 Å². The van der Waals surface area contributed by atoms with Crippen molar-refractivity contribution < 1.29 is 0 Å². The molecule has 0 atom stereocenters. The van der Waals surface area contributed by atoms with Crippen LogP contribution in [-0.2, 0) is 13.6 Å². The average molecular weight is 126 g/mol. The van der Waals surface area contributed by atoms with E-state index in [-0.39, 0.29) is 0 Å². The number of nitrogens with two attached hydrogens (primary N) is 2. The molecule has 1 aromatic heterocycles. The van der Waals surface area contributed by atoms with Crippen LogP contribution in [-0.4, -0.2) is 9.78 Å². The molecule has 0 aliphatic rings. The minimum absolute atomic E-state index is 0.449. The first-order valence-corrected chi connectivity index (χ1v) is 2.72. The Bertz CT molecular complexity index is 183. The van der Waals surface area contributed by atoms with Gasteiger partial charge in [0.25, 0.3) is 0 Å². The zero-order valence-electron chi connectivity index (χ0n) is 5.33. The largest absolute Gasteiger partial charge is 0.384 e. The lowest BCUT2D eigenvalue weighted by atomic mass is 10.4. The van der Waals surface area contributed by atoms with Crippen LogP contribution in [0.3, 0.4) is 0 Å².